The fourth-order valence-electron chi connectivity index (χ4n) is 2.61. The summed E-state index contributed by atoms with van der Waals surface area (Å²) in [5.74, 6) is 0. The SMILES string of the molecule is OB(O)c1cccnc1.OB(O)c1cccs1.OB(O)c1cncnc1.c1cncc(B2OCCCO2)c1. The van der Waals surface area contributed by atoms with Gasteiger partial charge < -0.3 is 39.5 Å². The molecule has 6 N–H and O–H groups in total. The van der Waals surface area contributed by atoms with Crippen LogP contribution in [0.25, 0.3) is 0 Å². The molecule has 0 saturated carbocycles. The number of aromatic nitrogens is 4. The summed E-state index contributed by atoms with van der Waals surface area (Å²) in [6, 6.07) is 10.5. The molecule has 1 fully saturated rings. The van der Waals surface area contributed by atoms with E-state index in [4.69, 9.17) is 39.5 Å². The van der Waals surface area contributed by atoms with Crippen LogP contribution in [0.1, 0.15) is 6.42 Å². The molecule has 38 heavy (non-hydrogen) atoms. The van der Waals surface area contributed by atoms with E-state index in [0.717, 1.165) is 25.1 Å². The second-order valence-corrected chi connectivity index (χ2v) is 8.29. The molecular formula is C21H26B4N4O8S. The van der Waals surface area contributed by atoms with E-state index in [-0.39, 0.29) is 7.12 Å². The van der Waals surface area contributed by atoms with Gasteiger partial charge in [0.2, 0.25) is 0 Å². The van der Waals surface area contributed by atoms with Gasteiger partial charge in [-0.05, 0) is 23.9 Å². The van der Waals surface area contributed by atoms with Gasteiger partial charge in [-0.1, -0.05) is 24.3 Å². The van der Waals surface area contributed by atoms with Crippen LogP contribution in [0.4, 0.5) is 0 Å². The zero-order valence-electron chi connectivity index (χ0n) is 20.2. The first-order chi connectivity index (χ1) is 18.4. The van der Waals surface area contributed by atoms with Crippen LogP contribution in [-0.2, 0) is 9.31 Å². The summed E-state index contributed by atoms with van der Waals surface area (Å²) in [7, 11) is -4.37. The highest BCUT2D eigenvalue weighted by atomic mass is 32.1. The van der Waals surface area contributed by atoms with Crippen molar-refractivity contribution in [1.82, 2.24) is 19.9 Å². The van der Waals surface area contributed by atoms with E-state index in [1.165, 1.54) is 36.3 Å². The van der Waals surface area contributed by atoms with E-state index in [0.29, 0.717) is 15.7 Å². The van der Waals surface area contributed by atoms with Crippen LogP contribution < -0.4 is 21.2 Å². The maximum atomic E-state index is 8.54. The van der Waals surface area contributed by atoms with Crippen molar-refractivity contribution in [3.8, 4) is 0 Å². The van der Waals surface area contributed by atoms with Crippen LogP contribution in [0.15, 0.2) is 85.3 Å². The standard InChI is InChI=1S/C8H10BNO2.C5H6BNO2.C4H5BN2O2.C4H5BO2S/c1-3-8(7-10-4-1)9-11-5-2-6-12-9;8-6(9)5-2-1-3-7-4-5;8-5(9)4-1-6-3-7-2-4;6-5(7)4-2-1-3-8-4/h1,3-4,7H,2,5-6H2;1-4,8-9H;1-3,8-9H;1-3,6-7H. The van der Waals surface area contributed by atoms with Crippen molar-refractivity contribution in [1.29, 1.82) is 0 Å². The third-order valence-corrected chi connectivity index (χ3v) is 5.35. The summed E-state index contributed by atoms with van der Waals surface area (Å²) < 4.78 is 11.4. The molecule has 5 heterocycles. The minimum Gasteiger partial charge on any atom is -0.423 e. The van der Waals surface area contributed by atoms with Gasteiger partial charge in [0.05, 0.1) is 0 Å². The second-order valence-electron chi connectivity index (χ2n) is 7.31. The number of pyridine rings is 2. The first kappa shape index (κ1) is 31.2. The van der Waals surface area contributed by atoms with Crippen LogP contribution in [0.2, 0.25) is 0 Å². The van der Waals surface area contributed by atoms with Crippen LogP contribution in [0, 0.1) is 0 Å². The topological polar surface area (TPSA) is 191 Å². The number of hydrogen-bond donors (Lipinski definition) is 6. The molecule has 1 aliphatic heterocycles. The van der Waals surface area contributed by atoms with Crippen LogP contribution >= 0.6 is 11.3 Å². The summed E-state index contributed by atoms with van der Waals surface area (Å²) in [6.07, 6.45) is 11.5. The van der Waals surface area contributed by atoms with Crippen molar-refractivity contribution in [3.05, 3.63) is 85.3 Å². The van der Waals surface area contributed by atoms with Gasteiger partial charge in [0, 0.05) is 71.6 Å². The Kier molecular flexibility index (Phi) is 15.0. The summed E-state index contributed by atoms with van der Waals surface area (Å²) in [5, 5.41) is 52.8. The predicted molar refractivity (Wildman–Crippen MR) is 146 cm³/mol. The van der Waals surface area contributed by atoms with E-state index < -0.39 is 21.4 Å². The third kappa shape index (κ3) is 12.5. The molecule has 0 atom stereocenters. The van der Waals surface area contributed by atoms with E-state index in [2.05, 4.69) is 19.9 Å². The van der Waals surface area contributed by atoms with Gasteiger partial charge in [0.15, 0.2) is 0 Å². The smallest absolute Gasteiger partial charge is 0.423 e. The Balaban J connectivity index is 0.000000180. The van der Waals surface area contributed by atoms with Crippen molar-refractivity contribution in [2.75, 3.05) is 13.2 Å². The Hall–Kier alpha value is -2.98. The van der Waals surface area contributed by atoms with E-state index in [1.807, 2.05) is 12.1 Å². The first-order valence-electron chi connectivity index (χ1n) is 11.3. The largest absolute Gasteiger partial charge is 0.499 e. The summed E-state index contributed by atoms with van der Waals surface area (Å²) in [5.41, 5.74) is 1.72. The zero-order valence-corrected chi connectivity index (χ0v) is 21.0. The second kappa shape index (κ2) is 18.3. The highest BCUT2D eigenvalue weighted by molar-refractivity contribution is 7.20. The van der Waals surface area contributed by atoms with Crippen molar-refractivity contribution >= 4 is 61.0 Å². The molecule has 12 nitrogen and oxygen atoms in total. The molecule has 1 saturated heterocycles. The molecule has 196 valence electrons. The van der Waals surface area contributed by atoms with Crippen molar-refractivity contribution in [3.63, 3.8) is 0 Å². The first-order valence-corrected chi connectivity index (χ1v) is 12.2. The Morgan fingerprint density at radius 2 is 1.29 bits per heavy atom. The summed E-state index contributed by atoms with van der Waals surface area (Å²) >= 11 is 1.33. The average molecular weight is 538 g/mol. The molecule has 4 aromatic heterocycles. The van der Waals surface area contributed by atoms with Gasteiger partial charge in [-0.15, -0.1) is 0 Å². The lowest BCUT2D eigenvalue weighted by Crippen LogP contribution is -2.40. The molecule has 1 aliphatic rings. The molecule has 0 amide bonds. The Labute approximate surface area is 225 Å². The minimum absolute atomic E-state index is 0.201. The fourth-order valence-corrected chi connectivity index (χ4v) is 3.20. The maximum Gasteiger partial charge on any atom is 0.499 e. The van der Waals surface area contributed by atoms with Gasteiger partial charge in [-0.2, -0.15) is 11.3 Å². The van der Waals surface area contributed by atoms with E-state index in [9.17, 15) is 0 Å². The van der Waals surface area contributed by atoms with Gasteiger partial charge in [-0.3, -0.25) is 9.97 Å². The Morgan fingerprint density at radius 1 is 0.684 bits per heavy atom. The maximum absolute atomic E-state index is 8.54. The quantitative estimate of drug-likeness (QED) is 0.141. The molecule has 0 unspecified atom stereocenters. The lowest BCUT2D eigenvalue weighted by molar-refractivity contribution is 0.143. The molecule has 0 aromatic carbocycles. The van der Waals surface area contributed by atoms with Crippen LogP contribution in [0.3, 0.4) is 0 Å². The fraction of sp³-hybridized carbons (Fsp3) is 0.143. The average Bonchev–Trinajstić information content (AvgIpc) is 3.52. The molecule has 4 aromatic rings. The van der Waals surface area contributed by atoms with Crippen molar-refractivity contribution < 1.29 is 39.5 Å². The predicted octanol–water partition coefficient (Wildman–Crippen LogP) is -3.44. The number of thiophene rings is 1. The molecule has 0 aliphatic carbocycles. The third-order valence-electron chi connectivity index (χ3n) is 4.44. The van der Waals surface area contributed by atoms with E-state index >= 15 is 0 Å². The number of hydrogen-bond acceptors (Lipinski definition) is 13. The van der Waals surface area contributed by atoms with Gasteiger partial charge >= 0.3 is 28.5 Å². The van der Waals surface area contributed by atoms with Crippen LogP contribution in [-0.4, -0.2) is 91.8 Å². The summed E-state index contributed by atoms with van der Waals surface area (Å²) in [6.45, 7) is 1.55. The monoisotopic (exact) mass is 538 g/mol. The van der Waals surface area contributed by atoms with Crippen molar-refractivity contribution in [2.45, 2.75) is 6.42 Å². The highest BCUT2D eigenvalue weighted by Crippen LogP contribution is 2.00. The Bertz CT molecular complexity index is 1060. The minimum atomic E-state index is -1.47. The number of rotatable bonds is 4. The van der Waals surface area contributed by atoms with Gasteiger partial charge in [-0.25, -0.2) is 9.97 Å². The molecule has 5 rings (SSSR count). The normalized spacial score (nSPS) is 11.9. The van der Waals surface area contributed by atoms with E-state index in [1.54, 1.807) is 48.2 Å². The van der Waals surface area contributed by atoms with Crippen molar-refractivity contribution in [2.24, 2.45) is 0 Å². The zero-order chi connectivity index (χ0) is 27.6. The molecule has 17 heteroatoms. The van der Waals surface area contributed by atoms with Gasteiger partial charge in [0.1, 0.15) is 6.33 Å². The van der Waals surface area contributed by atoms with Crippen LogP contribution in [0.5, 0.6) is 0 Å². The molecule has 0 spiro atoms. The molecule has 0 bridgehead atoms. The van der Waals surface area contributed by atoms with Gasteiger partial charge in [0.25, 0.3) is 0 Å². The number of nitrogens with zero attached hydrogens (tertiary/aromatic N) is 4. The lowest BCUT2D eigenvalue weighted by Gasteiger charge is -2.19. The molecular weight excluding hydrogens is 512 g/mol. The lowest BCUT2D eigenvalue weighted by atomic mass is 9.79. The Morgan fingerprint density at radius 3 is 1.68 bits per heavy atom. The highest BCUT2D eigenvalue weighted by Gasteiger charge is 2.23. The molecule has 0 radical (unpaired) electrons. The summed E-state index contributed by atoms with van der Waals surface area (Å²) in [4.78, 5) is 14.8.